The molecule has 1 atom stereocenters. The number of phenols is 1. The highest BCUT2D eigenvalue weighted by Gasteiger charge is 2.15. The van der Waals surface area contributed by atoms with Gasteiger partial charge in [-0.2, -0.15) is 4.98 Å². The van der Waals surface area contributed by atoms with E-state index in [1.807, 2.05) is 0 Å². The molecule has 0 spiro atoms. The molecule has 1 amide bonds. The standard InChI is InChI=1S/C25H23N3O5/c1-15-12-18(7-10-23(15)29)22-13-21(27-25(31)28-22)17-5-8-19(9-6-17)33-16(2)24(30)26-14-20-4-3-11-32-20/h3-13,16,29H,14H2,1-2H3,(H,26,30)(H,27,28,31). The third-order valence-electron chi connectivity index (χ3n) is 5.10. The second kappa shape index (κ2) is 9.44. The van der Waals surface area contributed by atoms with E-state index in [0.29, 0.717) is 28.5 Å². The van der Waals surface area contributed by atoms with Crippen molar-refractivity contribution in [3.63, 3.8) is 0 Å². The Kier molecular flexibility index (Phi) is 6.26. The number of H-pyrrole nitrogens is 1. The lowest BCUT2D eigenvalue weighted by molar-refractivity contribution is -0.127. The molecule has 4 aromatic rings. The summed E-state index contributed by atoms with van der Waals surface area (Å²) in [6, 6.07) is 17.4. The minimum absolute atomic E-state index is 0.184. The molecule has 8 nitrogen and oxygen atoms in total. The summed E-state index contributed by atoms with van der Waals surface area (Å²) in [5.74, 6) is 1.10. The lowest BCUT2D eigenvalue weighted by atomic mass is 10.1. The first kappa shape index (κ1) is 21.9. The van der Waals surface area contributed by atoms with E-state index in [2.05, 4.69) is 15.3 Å². The van der Waals surface area contributed by atoms with Gasteiger partial charge in [-0.1, -0.05) is 0 Å². The fourth-order valence-corrected chi connectivity index (χ4v) is 3.28. The molecule has 8 heteroatoms. The number of nitrogens with one attached hydrogen (secondary N) is 2. The van der Waals surface area contributed by atoms with Crippen LogP contribution in [0.15, 0.2) is 76.1 Å². The van der Waals surface area contributed by atoms with Crippen molar-refractivity contribution in [2.45, 2.75) is 26.5 Å². The molecule has 0 radical (unpaired) electrons. The molecule has 2 heterocycles. The third kappa shape index (κ3) is 5.30. The van der Waals surface area contributed by atoms with Crippen molar-refractivity contribution in [1.82, 2.24) is 15.3 Å². The summed E-state index contributed by atoms with van der Waals surface area (Å²) in [4.78, 5) is 31.2. The van der Waals surface area contributed by atoms with Crippen LogP contribution in [0.3, 0.4) is 0 Å². The minimum atomic E-state index is -0.698. The second-order valence-corrected chi connectivity index (χ2v) is 7.57. The first-order chi connectivity index (χ1) is 15.9. The van der Waals surface area contributed by atoms with Crippen LogP contribution < -0.4 is 15.7 Å². The molecule has 2 aromatic carbocycles. The van der Waals surface area contributed by atoms with Gasteiger partial charge in [0.1, 0.15) is 17.3 Å². The van der Waals surface area contributed by atoms with Crippen LogP contribution in [0.2, 0.25) is 0 Å². The summed E-state index contributed by atoms with van der Waals surface area (Å²) >= 11 is 0. The van der Waals surface area contributed by atoms with Gasteiger partial charge in [-0.3, -0.25) is 4.79 Å². The number of ether oxygens (including phenoxy) is 1. The van der Waals surface area contributed by atoms with Crippen molar-refractivity contribution in [3.05, 3.63) is 88.7 Å². The number of aromatic hydroxyl groups is 1. The van der Waals surface area contributed by atoms with Crippen LogP contribution in [0.5, 0.6) is 11.5 Å². The Bertz CT molecular complexity index is 1310. The number of nitrogens with zero attached hydrogens (tertiary/aromatic N) is 1. The lowest BCUT2D eigenvalue weighted by Gasteiger charge is -2.14. The minimum Gasteiger partial charge on any atom is -0.508 e. The largest absolute Gasteiger partial charge is 0.508 e. The molecule has 0 aliphatic rings. The monoisotopic (exact) mass is 445 g/mol. The van der Waals surface area contributed by atoms with E-state index in [1.165, 1.54) is 0 Å². The van der Waals surface area contributed by atoms with Crippen molar-refractivity contribution in [3.8, 4) is 34.0 Å². The number of aromatic amines is 1. The normalized spacial score (nSPS) is 11.7. The van der Waals surface area contributed by atoms with E-state index in [-0.39, 0.29) is 18.2 Å². The van der Waals surface area contributed by atoms with Gasteiger partial charge >= 0.3 is 5.69 Å². The van der Waals surface area contributed by atoms with Crippen molar-refractivity contribution >= 4 is 5.91 Å². The van der Waals surface area contributed by atoms with Gasteiger partial charge in [-0.25, -0.2) is 4.79 Å². The summed E-state index contributed by atoms with van der Waals surface area (Å²) < 4.78 is 10.9. The predicted molar refractivity (Wildman–Crippen MR) is 123 cm³/mol. The number of hydrogen-bond donors (Lipinski definition) is 3. The number of hydrogen-bond acceptors (Lipinski definition) is 6. The van der Waals surface area contributed by atoms with Crippen molar-refractivity contribution in [2.24, 2.45) is 0 Å². The number of aromatic nitrogens is 2. The van der Waals surface area contributed by atoms with Gasteiger partial charge in [0.2, 0.25) is 0 Å². The molecule has 3 N–H and O–H groups in total. The first-order valence-electron chi connectivity index (χ1n) is 10.4. The highest BCUT2D eigenvalue weighted by molar-refractivity contribution is 5.80. The van der Waals surface area contributed by atoms with Gasteiger partial charge < -0.3 is 24.6 Å². The highest BCUT2D eigenvalue weighted by atomic mass is 16.5. The van der Waals surface area contributed by atoms with E-state index in [1.54, 1.807) is 80.8 Å². The molecule has 2 aromatic heterocycles. The van der Waals surface area contributed by atoms with Crippen LogP contribution in [0.4, 0.5) is 0 Å². The average molecular weight is 445 g/mol. The molecular formula is C25H23N3O5. The maximum Gasteiger partial charge on any atom is 0.345 e. The summed E-state index contributed by atoms with van der Waals surface area (Å²) in [6.07, 6.45) is 0.851. The molecular weight excluding hydrogens is 422 g/mol. The van der Waals surface area contributed by atoms with Gasteiger partial charge in [0, 0.05) is 5.56 Å². The van der Waals surface area contributed by atoms with E-state index in [4.69, 9.17) is 9.15 Å². The zero-order chi connectivity index (χ0) is 23.4. The van der Waals surface area contributed by atoms with Gasteiger partial charge in [-0.05, 0) is 85.6 Å². The highest BCUT2D eigenvalue weighted by Crippen LogP contribution is 2.27. The SMILES string of the molecule is Cc1cc(-c2cc(-c3ccc(OC(C)C(=O)NCc4ccco4)cc3)[nH]c(=O)n2)ccc1O. The molecule has 33 heavy (non-hydrogen) atoms. The van der Waals surface area contributed by atoms with Crippen LogP contribution >= 0.6 is 0 Å². The fourth-order valence-electron chi connectivity index (χ4n) is 3.28. The molecule has 168 valence electrons. The van der Waals surface area contributed by atoms with Crippen LogP contribution in [0.25, 0.3) is 22.5 Å². The summed E-state index contributed by atoms with van der Waals surface area (Å²) in [5, 5.41) is 12.5. The summed E-state index contributed by atoms with van der Waals surface area (Å²) in [7, 11) is 0. The maximum atomic E-state index is 12.2. The Labute approximate surface area is 189 Å². The summed E-state index contributed by atoms with van der Waals surface area (Å²) in [5.41, 5.74) is 2.79. The van der Waals surface area contributed by atoms with E-state index < -0.39 is 11.8 Å². The Morgan fingerprint density at radius 1 is 1.15 bits per heavy atom. The number of furan rings is 1. The van der Waals surface area contributed by atoms with Crippen LogP contribution in [-0.4, -0.2) is 27.1 Å². The predicted octanol–water partition coefficient (Wildman–Crippen LogP) is 3.79. The Morgan fingerprint density at radius 2 is 1.91 bits per heavy atom. The zero-order valence-electron chi connectivity index (χ0n) is 18.2. The van der Waals surface area contributed by atoms with Crippen LogP contribution in [0.1, 0.15) is 18.2 Å². The number of phenolic OH excluding ortho intramolecular Hbond substituents is 1. The smallest absolute Gasteiger partial charge is 0.345 e. The summed E-state index contributed by atoms with van der Waals surface area (Å²) in [6.45, 7) is 3.73. The van der Waals surface area contributed by atoms with Crippen LogP contribution in [-0.2, 0) is 11.3 Å². The number of carbonyl (C=O) groups is 1. The van der Waals surface area contributed by atoms with E-state index in [0.717, 1.165) is 11.1 Å². The molecule has 1 unspecified atom stereocenters. The number of aryl methyl sites for hydroxylation is 1. The number of amides is 1. The molecule has 0 aliphatic carbocycles. The van der Waals surface area contributed by atoms with Crippen LogP contribution in [0, 0.1) is 6.92 Å². The van der Waals surface area contributed by atoms with Crippen molar-refractivity contribution in [1.29, 1.82) is 0 Å². The Morgan fingerprint density at radius 3 is 2.61 bits per heavy atom. The first-order valence-corrected chi connectivity index (χ1v) is 10.4. The lowest BCUT2D eigenvalue weighted by Crippen LogP contribution is -2.35. The van der Waals surface area contributed by atoms with Gasteiger partial charge in [0.15, 0.2) is 6.10 Å². The second-order valence-electron chi connectivity index (χ2n) is 7.57. The fraction of sp³-hybridized carbons (Fsp3) is 0.160. The van der Waals surface area contributed by atoms with Gasteiger partial charge in [0.25, 0.3) is 5.91 Å². The number of benzene rings is 2. The Balaban J connectivity index is 1.46. The average Bonchev–Trinajstić information content (AvgIpc) is 3.33. The molecule has 0 fully saturated rings. The molecule has 0 aliphatic heterocycles. The zero-order valence-corrected chi connectivity index (χ0v) is 18.2. The topological polar surface area (TPSA) is 117 Å². The Hall–Kier alpha value is -4.33. The molecule has 0 saturated heterocycles. The quantitative estimate of drug-likeness (QED) is 0.398. The molecule has 0 saturated carbocycles. The van der Waals surface area contributed by atoms with Gasteiger partial charge in [0.05, 0.1) is 24.2 Å². The third-order valence-corrected chi connectivity index (χ3v) is 5.10. The van der Waals surface area contributed by atoms with E-state index >= 15 is 0 Å². The molecule has 0 bridgehead atoms. The maximum absolute atomic E-state index is 12.2. The molecule has 4 rings (SSSR count). The number of carbonyl (C=O) groups excluding carboxylic acids is 1. The van der Waals surface area contributed by atoms with E-state index in [9.17, 15) is 14.7 Å². The van der Waals surface area contributed by atoms with Crippen molar-refractivity contribution < 1.29 is 19.1 Å². The van der Waals surface area contributed by atoms with Crippen molar-refractivity contribution in [2.75, 3.05) is 0 Å². The van der Waals surface area contributed by atoms with Gasteiger partial charge in [-0.15, -0.1) is 0 Å². The number of rotatable bonds is 7.